The van der Waals surface area contributed by atoms with Crippen LogP contribution in [-0.4, -0.2) is 34.3 Å². The van der Waals surface area contributed by atoms with Crippen molar-refractivity contribution < 1.29 is 4.79 Å². The highest BCUT2D eigenvalue weighted by Gasteiger charge is 2.43. The number of rotatable bonds is 3. The monoisotopic (exact) mass is 364 g/mol. The maximum atomic E-state index is 13.1. The van der Waals surface area contributed by atoms with Gasteiger partial charge in [0.05, 0.1) is 11.7 Å². The molecular formula is C22H28N4O. The Morgan fingerprint density at radius 2 is 1.74 bits per heavy atom. The van der Waals surface area contributed by atoms with Crippen LogP contribution in [0.25, 0.3) is 0 Å². The molecule has 2 aromatic rings. The number of hydrogen-bond acceptors (Lipinski definition) is 3. The SMILES string of the molecule is Cc1cc(N2CCC(NC3C4CCC3Cc3ccccc3C4)C2=O)n(C)n1. The van der Waals surface area contributed by atoms with E-state index < -0.39 is 0 Å². The molecule has 1 N–H and O–H groups in total. The van der Waals surface area contributed by atoms with Gasteiger partial charge >= 0.3 is 0 Å². The minimum absolute atomic E-state index is 0.0606. The first-order valence-corrected chi connectivity index (χ1v) is 10.2. The zero-order chi connectivity index (χ0) is 18.5. The number of nitrogens with one attached hydrogen (secondary N) is 1. The number of carbonyl (C=O) groups is 1. The van der Waals surface area contributed by atoms with Crippen LogP contribution in [-0.2, 0) is 24.7 Å². The topological polar surface area (TPSA) is 50.2 Å². The first kappa shape index (κ1) is 17.0. The molecule has 1 aliphatic heterocycles. The van der Waals surface area contributed by atoms with Crippen LogP contribution in [0.2, 0.25) is 0 Å². The highest BCUT2D eigenvalue weighted by Crippen LogP contribution is 2.40. The van der Waals surface area contributed by atoms with E-state index in [-0.39, 0.29) is 11.9 Å². The summed E-state index contributed by atoms with van der Waals surface area (Å²) in [7, 11) is 1.92. The van der Waals surface area contributed by atoms with Gasteiger partial charge in [-0.2, -0.15) is 5.10 Å². The molecule has 0 radical (unpaired) electrons. The second-order valence-corrected chi connectivity index (χ2v) is 8.57. The first-order chi connectivity index (χ1) is 13.1. The maximum absolute atomic E-state index is 13.1. The van der Waals surface area contributed by atoms with Crippen molar-refractivity contribution in [1.82, 2.24) is 15.1 Å². The Balaban J connectivity index is 1.33. The number of fused-ring (bicyclic) bond motifs is 3. The average Bonchev–Trinajstić information content (AvgIpc) is 3.24. The fourth-order valence-electron chi connectivity index (χ4n) is 5.57. The molecule has 1 amide bonds. The predicted molar refractivity (Wildman–Crippen MR) is 106 cm³/mol. The molecule has 2 heterocycles. The normalized spacial score (nSPS) is 29.9. The Bertz CT molecular complexity index is 840. The van der Waals surface area contributed by atoms with Gasteiger partial charge in [0.1, 0.15) is 5.82 Å². The van der Waals surface area contributed by atoms with Crippen molar-refractivity contribution in [2.45, 2.75) is 51.1 Å². The molecule has 2 aliphatic carbocycles. The number of aryl methyl sites for hydroxylation is 2. The van der Waals surface area contributed by atoms with Crippen molar-refractivity contribution in [2.24, 2.45) is 18.9 Å². The Morgan fingerprint density at radius 3 is 2.33 bits per heavy atom. The second-order valence-electron chi connectivity index (χ2n) is 8.57. The number of amides is 1. The van der Waals surface area contributed by atoms with E-state index in [0.717, 1.165) is 37.3 Å². The highest BCUT2D eigenvalue weighted by molar-refractivity contribution is 5.98. The molecule has 0 spiro atoms. The summed E-state index contributed by atoms with van der Waals surface area (Å²) in [6.07, 6.45) is 5.74. The molecule has 5 rings (SSSR count). The summed E-state index contributed by atoms with van der Waals surface area (Å²) < 4.78 is 1.82. The number of hydrogen-bond donors (Lipinski definition) is 1. The fourth-order valence-corrected chi connectivity index (χ4v) is 5.57. The van der Waals surface area contributed by atoms with E-state index in [1.807, 2.05) is 29.6 Å². The van der Waals surface area contributed by atoms with Gasteiger partial charge in [-0.05, 0) is 62.0 Å². The van der Waals surface area contributed by atoms with E-state index in [0.29, 0.717) is 17.9 Å². The molecule has 5 heteroatoms. The minimum atomic E-state index is -0.0606. The van der Waals surface area contributed by atoms with Gasteiger partial charge in [0.15, 0.2) is 0 Å². The lowest BCUT2D eigenvalue weighted by atomic mass is 9.94. The molecule has 3 unspecified atom stereocenters. The van der Waals surface area contributed by atoms with E-state index in [4.69, 9.17) is 0 Å². The van der Waals surface area contributed by atoms with Gasteiger partial charge in [0.2, 0.25) is 5.91 Å². The molecule has 3 atom stereocenters. The van der Waals surface area contributed by atoms with E-state index in [1.165, 1.54) is 24.0 Å². The Kier molecular flexibility index (Phi) is 4.08. The summed E-state index contributed by atoms with van der Waals surface area (Å²) in [6.45, 7) is 2.75. The summed E-state index contributed by atoms with van der Waals surface area (Å²) >= 11 is 0. The van der Waals surface area contributed by atoms with Crippen molar-refractivity contribution in [3.63, 3.8) is 0 Å². The molecule has 2 fully saturated rings. The van der Waals surface area contributed by atoms with Crippen LogP contribution in [0.15, 0.2) is 30.3 Å². The van der Waals surface area contributed by atoms with Crippen molar-refractivity contribution in [1.29, 1.82) is 0 Å². The number of anilines is 1. The Hall–Kier alpha value is -2.14. The van der Waals surface area contributed by atoms with Crippen molar-refractivity contribution >= 4 is 11.7 Å². The predicted octanol–water partition coefficient (Wildman–Crippen LogP) is 2.62. The molecule has 3 aliphatic rings. The van der Waals surface area contributed by atoms with Gasteiger partial charge in [0, 0.05) is 25.7 Å². The Morgan fingerprint density at radius 1 is 1.07 bits per heavy atom. The average molecular weight is 364 g/mol. The summed E-state index contributed by atoms with van der Waals surface area (Å²) in [5.74, 6) is 2.43. The molecule has 1 saturated heterocycles. The van der Waals surface area contributed by atoms with Gasteiger partial charge in [-0.1, -0.05) is 24.3 Å². The van der Waals surface area contributed by atoms with E-state index >= 15 is 0 Å². The molecule has 1 aromatic carbocycles. The van der Waals surface area contributed by atoms with Crippen LogP contribution in [0, 0.1) is 18.8 Å². The van der Waals surface area contributed by atoms with E-state index in [2.05, 4.69) is 34.7 Å². The van der Waals surface area contributed by atoms with Gasteiger partial charge in [-0.3, -0.25) is 14.4 Å². The number of carbonyl (C=O) groups excluding carboxylic acids is 1. The quantitative estimate of drug-likeness (QED) is 0.911. The standard InChI is InChI=1S/C22H28N4O/c1-14-11-20(25(2)24-14)26-10-9-19(22(26)27)23-21-17-7-8-18(21)13-16-6-4-3-5-15(16)12-17/h3-6,11,17-19,21,23H,7-10,12-13H2,1-2H3. The van der Waals surface area contributed by atoms with Crippen LogP contribution >= 0.6 is 0 Å². The van der Waals surface area contributed by atoms with Crippen LogP contribution in [0.3, 0.4) is 0 Å². The highest BCUT2D eigenvalue weighted by atomic mass is 16.2. The van der Waals surface area contributed by atoms with Gasteiger partial charge < -0.3 is 5.32 Å². The van der Waals surface area contributed by atoms with Crippen LogP contribution < -0.4 is 10.2 Å². The van der Waals surface area contributed by atoms with Crippen LogP contribution in [0.1, 0.15) is 36.1 Å². The second kappa shape index (κ2) is 6.48. The van der Waals surface area contributed by atoms with Crippen LogP contribution in [0.5, 0.6) is 0 Å². The molecule has 5 nitrogen and oxygen atoms in total. The van der Waals surface area contributed by atoms with Crippen LogP contribution in [0.4, 0.5) is 5.82 Å². The summed E-state index contributed by atoms with van der Waals surface area (Å²) in [5, 5.41) is 8.21. The molecule has 1 saturated carbocycles. The van der Waals surface area contributed by atoms with Crippen molar-refractivity contribution in [2.75, 3.05) is 11.4 Å². The largest absolute Gasteiger partial charge is 0.302 e. The third kappa shape index (κ3) is 2.89. The third-order valence-corrected chi connectivity index (χ3v) is 6.86. The number of benzene rings is 1. The number of aromatic nitrogens is 2. The van der Waals surface area contributed by atoms with Gasteiger partial charge in [-0.15, -0.1) is 0 Å². The third-order valence-electron chi connectivity index (χ3n) is 6.86. The van der Waals surface area contributed by atoms with Crippen molar-refractivity contribution in [3.8, 4) is 0 Å². The number of nitrogens with zero attached hydrogens (tertiary/aromatic N) is 3. The summed E-state index contributed by atoms with van der Waals surface area (Å²) in [5.41, 5.74) is 3.98. The smallest absolute Gasteiger partial charge is 0.245 e. The van der Waals surface area contributed by atoms with Gasteiger partial charge in [0.25, 0.3) is 0 Å². The zero-order valence-electron chi connectivity index (χ0n) is 16.2. The van der Waals surface area contributed by atoms with E-state index in [9.17, 15) is 4.79 Å². The lowest BCUT2D eigenvalue weighted by molar-refractivity contribution is -0.119. The minimum Gasteiger partial charge on any atom is -0.302 e. The van der Waals surface area contributed by atoms with Gasteiger partial charge in [-0.25, -0.2) is 0 Å². The lowest BCUT2D eigenvalue weighted by Crippen LogP contribution is -2.48. The summed E-state index contributed by atoms with van der Waals surface area (Å²) in [6, 6.07) is 11.3. The lowest BCUT2D eigenvalue weighted by Gasteiger charge is -2.27. The van der Waals surface area contributed by atoms with E-state index in [1.54, 1.807) is 0 Å². The molecular weight excluding hydrogens is 336 g/mol. The Labute approximate surface area is 160 Å². The molecule has 142 valence electrons. The van der Waals surface area contributed by atoms with Crippen molar-refractivity contribution in [3.05, 3.63) is 47.2 Å². The fraction of sp³-hybridized carbons (Fsp3) is 0.545. The molecule has 2 bridgehead atoms. The first-order valence-electron chi connectivity index (χ1n) is 10.2. The molecule has 27 heavy (non-hydrogen) atoms. The maximum Gasteiger partial charge on any atom is 0.245 e. The summed E-state index contributed by atoms with van der Waals surface area (Å²) in [4.78, 5) is 15.0. The molecule has 1 aromatic heterocycles. The zero-order valence-corrected chi connectivity index (χ0v) is 16.2.